The van der Waals surface area contributed by atoms with Crippen molar-refractivity contribution < 1.29 is 17.9 Å². The van der Waals surface area contributed by atoms with Crippen molar-refractivity contribution in [3.63, 3.8) is 0 Å². The van der Waals surface area contributed by atoms with Gasteiger partial charge in [-0.05, 0) is 38.1 Å². The normalized spacial score (nSPS) is 11.1. The molecule has 0 bridgehead atoms. The molecule has 2 heterocycles. The molecule has 0 amide bonds. The van der Waals surface area contributed by atoms with Gasteiger partial charge in [0.15, 0.2) is 5.65 Å². The van der Waals surface area contributed by atoms with Crippen LogP contribution < -0.4 is 4.72 Å². The third-order valence-corrected chi connectivity index (χ3v) is 5.01. The van der Waals surface area contributed by atoms with E-state index in [2.05, 4.69) is 14.8 Å². The van der Waals surface area contributed by atoms with Crippen LogP contribution in [0.2, 0.25) is 0 Å². The van der Waals surface area contributed by atoms with Gasteiger partial charge in [0.2, 0.25) is 0 Å². The molecule has 0 unspecified atom stereocenters. The summed E-state index contributed by atoms with van der Waals surface area (Å²) in [6, 6.07) is 8.84. The molecule has 2 aromatic heterocycles. The molecule has 0 fully saturated rings. The zero-order valence-corrected chi connectivity index (χ0v) is 15.3. The molecule has 9 nitrogen and oxygen atoms in total. The van der Waals surface area contributed by atoms with Gasteiger partial charge in [0.25, 0.3) is 10.0 Å². The van der Waals surface area contributed by atoms with Gasteiger partial charge in [0.1, 0.15) is 17.5 Å². The highest BCUT2D eigenvalue weighted by atomic mass is 32.2. The number of carbonyl (C=O) groups is 1. The molecule has 1 N–H and O–H groups in total. The minimum atomic E-state index is -3.95. The Balaban J connectivity index is 1.96. The Morgan fingerprint density at radius 3 is 2.67 bits per heavy atom. The van der Waals surface area contributed by atoms with Crippen molar-refractivity contribution in [1.29, 1.82) is 5.26 Å². The number of aromatic nitrogens is 3. The van der Waals surface area contributed by atoms with E-state index in [0.29, 0.717) is 5.69 Å². The summed E-state index contributed by atoms with van der Waals surface area (Å²) in [6.45, 7) is 3.59. The Labute approximate surface area is 155 Å². The molecule has 3 rings (SSSR count). The number of anilines is 1. The Hall–Kier alpha value is -3.45. The van der Waals surface area contributed by atoms with E-state index in [4.69, 9.17) is 10.00 Å². The summed E-state index contributed by atoms with van der Waals surface area (Å²) in [5.41, 5.74) is 1.27. The second kappa shape index (κ2) is 7.05. The molecule has 0 saturated carbocycles. The van der Waals surface area contributed by atoms with Gasteiger partial charge >= 0.3 is 5.97 Å². The number of fused-ring (bicyclic) bond motifs is 1. The van der Waals surface area contributed by atoms with Crippen LogP contribution in [0, 0.1) is 18.3 Å². The summed E-state index contributed by atoms with van der Waals surface area (Å²) >= 11 is 0. The number of esters is 1. The molecular formula is C17H15N5O4S. The number of carbonyl (C=O) groups excluding carboxylic acids is 1. The molecule has 0 radical (unpaired) electrons. The number of benzene rings is 1. The van der Waals surface area contributed by atoms with E-state index in [1.54, 1.807) is 13.8 Å². The van der Waals surface area contributed by atoms with Gasteiger partial charge < -0.3 is 4.74 Å². The maximum atomic E-state index is 12.7. The molecular weight excluding hydrogens is 370 g/mol. The number of aryl methyl sites for hydroxylation is 1. The smallest absolute Gasteiger partial charge is 0.338 e. The summed E-state index contributed by atoms with van der Waals surface area (Å²) in [5.74, 6) is -0.380. The summed E-state index contributed by atoms with van der Waals surface area (Å²) in [5, 5.41) is 13.1. The minimum Gasteiger partial charge on any atom is -0.462 e. The number of nitriles is 1. The first-order valence-corrected chi connectivity index (χ1v) is 9.39. The van der Waals surface area contributed by atoms with Crippen LogP contribution in [0.1, 0.15) is 28.5 Å². The SMILES string of the molecule is CCOC(=O)c1ccc(S(=O)(=O)Nc2cc(C)nc3c(C#N)cnn23)cc1. The average molecular weight is 385 g/mol. The van der Waals surface area contributed by atoms with E-state index >= 15 is 0 Å². The standard InChI is InChI=1S/C17H15N5O4S/c1-3-26-17(23)12-4-6-14(7-5-12)27(24,25)21-15-8-11(2)20-16-13(9-18)10-19-22(15)16/h4-8,10,21H,3H2,1-2H3. The van der Waals surface area contributed by atoms with E-state index in [0.717, 1.165) is 0 Å². The second-order valence-corrected chi connectivity index (χ2v) is 7.22. The first kappa shape index (κ1) is 18.3. The lowest BCUT2D eigenvalue weighted by atomic mass is 10.2. The highest BCUT2D eigenvalue weighted by Gasteiger charge is 2.19. The predicted octanol–water partition coefficient (Wildman–Crippen LogP) is 1.89. The first-order chi connectivity index (χ1) is 12.9. The molecule has 10 heteroatoms. The maximum Gasteiger partial charge on any atom is 0.338 e. The van der Waals surface area contributed by atoms with Crippen LogP contribution in [0.3, 0.4) is 0 Å². The van der Waals surface area contributed by atoms with Gasteiger partial charge in [-0.1, -0.05) is 0 Å². The van der Waals surface area contributed by atoms with E-state index in [-0.39, 0.29) is 34.1 Å². The summed E-state index contributed by atoms with van der Waals surface area (Å²) in [4.78, 5) is 15.9. The molecule has 27 heavy (non-hydrogen) atoms. The Morgan fingerprint density at radius 1 is 1.33 bits per heavy atom. The van der Waals surface area contributed by atoms with Crippen molar-refractivity contribution in [2.75, 3.05) is 11.3 Å². The molecule has 1 aromatic carbocycles. The lowest BCUT2D eigenvalue weighted by Crippen LogP contribution is -2.16. The molecule has 0 aliphatic carbocycles. The van der Waals surface area contributed by atoms with Gasteiger partial charge in [-0.2, -0.15) is 14.9 Å². The summed E-state index contributed by atoms with van der Waals surface area (Å²) in [7, 11) is -3.95. The van der Waals surface area contributed by atoms with E-state index in [9.17, 15) is 13.2 Å². The third-order valence-electron chi connectivity index (χ3n) is 3.64. The topological polar surface area (TPSA) is 126 Å². The van der Waals surface area contributed by atoms with Gasteiger partial charge in [-0.25, -0.2) is 18.2 Å². The number of nitrogens with zero attached hydrogens (tertiary/aromatic N) is 4. The van der Waals surface area contributed by atoms with E-state index in [1.807, 2.05) is 6.07 Å². The molecule has 0 saturated heterocycles. The fraction of sp³-hybridized carbons (Fsp3) is 0.176. The highest BCUT2D eigenvalue weighted by molar-refractivity contribution is 7.92. The number of hydrogen-bond acceptors (Lipinski definition) is 7. The first-order valence-electron chi connectivity index (χ1n) is 7.91. The number of rotatable bonds is 5. The summed E-state index contributed by atoms with van der Waals surface area (Å²) < 4.78 is 33.9. The van der Waals surface area contributed by atoms with Crippen molar-refractivity contribution >= 4 is 27.5 Å². The molecule has 0 spiro atoms. The fourth-order valence-corrected chi connectivity index (χ4v) is 3.45. The lowest BCUT2D eigenvalue weighted by Gasteiger charge is -2.11. The molecule has 3 aromatic rings. The van der Waals surface area contributed by atoms with Crippen molar-refractivity contribution in [1.82, 2.24) is 14.6 Å². The lowest BCUT2D eigenvalue weighted by molar-refractivity contribution is 0.0526. The molecule has 0 atom stereocenters. The monoisotopic (exact) mass is 385 g/mol. The third kappa shape index (κ3) is 3.58. The molecule has 0 aliphatic rings. The van der Waals surface area contributed by atoms with Crippen LogP contribution >= 0.6 is 0 Å². The molecule has 0 aliphatic heterocycles. The van der Waals surface area contributed by atoms with Crippen molar-refractivity contribution in [2.45, 2.75) is 18.7 Å². The second-order valence-electron chi connectivity index (χ2n) is 5.54. The van der Waals surface area contributed by atoms with Crippen LogP contribution in [0.25, 0.3) is 5.65 Å². The largest absolute Gasteiger partial charge is 0.462 e. The van der Waals surface area contributed by atoms with Gasteiger partial charge in [0, 0.05) is 11.8 Å². The van der Waals surface area contributed by atoms with Crippen LogP contribution in [-0.4, -0.2) is 35.6 Å². The number of ether oxygens (including phenoxy) is 1. The zero-order valence-electron chi connectivity index (χ0n) is 14.5. The quantitative estimate of drug-likeness (QED) is 0.664. The Kier molecular flexibility index (Phi) is 4.79. The molecule has 138 valence electrons. The van der Waals surface area contributed by atoms with Crippen LogP contribution in [0.15, 0.2) is 41.4 Å². The maximum absolute atomic E-state index is 12.7. The predicted molar refractivity (Wildman–Crippen MR) is 95.6 cm³/mol. The van der Waals surface area contributed by atoms with Crippen LogP contribution in [0.5, 0.6) is 0 Å². The number of hydrogen-bond donors (Lipinski definition) is 1. The van der Waals surface area contributed by atoms with Crippen molar-refractivity contribution in [3.8, 4) is 6.07 Å². The van der Waals surface area contributed by atoms with Gasteiger partial charge in [-0.15, -0.1) is 0 Å². The number of sulfonamides is 1. The minimum absolute atomic E-state index is 0.0363. The van der Waals surface area contributed by atoms with Gasteiger partial charge in [-0.3, -0.25) is 4.72 Å². The van der Waals surface area contributed by atoms with Crippen LogP contribution in [0.4, 0.5) is 5.82 Å². The van der Waals surface area contributed by atoms with E-state index in [1.165, 1.54) is 41.0 Å². The zero-order chi connectivity index (χ0) is 19.6. The van der Waals surface area contributed by atoms with Gasteiger partial charge in [0.05, 0.1) is 23.3 Å². The van der Waals surface area contributed by atoms with Crippen LogP contribution in [-0.2, 0) is 14.8 Å². The Morgan fingerprint density at radius 2 is 2.04 bits per heavy atom. The van der Waals surface area contributed by atoms with Crippen molar-refractivity contribution in [3.05, 3.63) is 53.3 Å². The van der Waals surface area contributed by atoms with E-state index < -0.39 is 16.0 Å². The average Bonchev–Trinajstić information content (AvgIpc) is 3.04. The fourth-order valence-electron chi connectivity index (χ4n) is 2.42. The Bertz CT molecular complexity index is 1160. The highest BCUT2D eigenvalue weighted by Crippen LogP contribution is 2.20. The number of nitrogens with one attached hydrogen (secondary N) is 1. The summed E-state index contributed by atoms with van der Waals surface area (Å²) in [6.07, 6.45) is 1.31. The van der Waals surface area contributed by atoms with Crippen molar-refractivity contribution in [2.24, 2.45) is 0 Å².